The van der Waals surface area contributed by atoms with Crippen molar-refractivity contribution in [1.29, 1.82) is 0 Å². The smallest absolute Gasteiger partial charge is 0.218 e. The van der Waals surface area contributed by atoms with Gasteiger partial charge in [-0.3, -0.25) is 0 Å². The van der Waals surface area contributed by atoms with Gasteiger partial charge in [0, 0.05) is 25.2 Å². The number of nitrogens with one attached hydrogen (secondary N) is 1. The van der Waals surface area contributed by atoms with E-state index in [1.54, 1.807) is 11.2 Å². The summed E-state index contributed by atoms with van der Waals surface area (Å²) in [7, 11) is -3.19. The molecule has 1 atom stereocenters. The van der Waals surface area contributed by atoms with Crippen LogP contribution < -0.4 is 5.32 Å². The second-order valence-corrected chi connectivity index (χ2v) is 7.43. The van der Waals surface area contributed by atoms with Crippen LogP contribution in [0.15, 0.2) is 0 Å². The van der Waals surface area contributed by atoms with Gasteiger partial charge in [-0.25, -0.2) is 8.42 Å². The molecule has 0 heterocycles. The fourth-order valence-electron chi connectivity index (χ4n) is 1.64. The zero-order chi connectivity index (χ0) is 13.6. The minimum Gasteiger partial charge on any atom is -0.313 e. The molecule has 0 aliphatic heterocycles. The Morgan fingerprint density at radius 1 is 1.12 bits per heavy atom. The molecule has 0 radical (unpaired) electrons. The molecule has 4 nitrogen and oxygen atoms in total. The van der Waals surface area contributed by atoms with E-state index in [1.807, 2.05) is 34.6 Å². The third-order valence-corrected chi connectivity index (χ3v) is 5.11. The zero-order valence-electron chi connectivity index (χ0n) is 12.0. The fourth-order valence-corrected chi connectivity index (χ4v) is 3.43. The van der Waals surface area contributed by atoms with E-state index in [2.05, 4.69) is 5.32 Å². The summed E-state index contributed by atoms with van der Waals surface area (Å²) in [4.78, 5) is 0. The average molecular weight is 264 g/mol. The molecule has 0 bridgehead atoms. The molecule has 104 valence electrons. The summed E-state index contributed by atoms with van der Waals surface area (Å²) < 4.78 is 26.3. The van der Waals surface area contributed by atoms with Crippen LogP contribution in [0, 0.1) is 0 Å². The van der Waals surface area contributed by atoms with Gasteiger partial charge in [0.05, 0.1) is 5.25 Å². The predicted molar refractivity (Wildman–Crippen MR) is 73.7 cm³/mol. The molecule has 1 unspecified atom stereocenters. The van der Waals surface area contributed by atoms with Gasteiger partial charge in [-0.05, 0) is 27.2 Å². The summed E-state index contributed by atoms with van der Waals surface area (Å²) in [5, 5.41) is 2.81. The Labute approximate surface area is 107 Å². The summed E-state index contributed by atoms with van der Waals surface area (Å²) in [6.07, 6.45) is 0.849. The lowest BCUT2D eigenvalue weighted by Crippen LogP contribution is -2.46. The summed E-state index contributed by atoms with van der Waals surface area (Å²) in [6.45, 7) is 12.8. The van der Waals surface area contributed by atoms with Gasteiger partial charge >= 0.3 is 0 Å². The van der Waals surface area contributed by atoms with Crippen molar-refractivity contribution in [2.45, 2.75) is 65.3 Å². The van der Waals surface area contributed by atoms with Crippen LogP contribution in [0.4, 0.5) is 0 Å². The second kappa shape index (κ2) is 7.34. The number of sulfonamides is 1. The molecule has 0 fully saturated rings. The van der Waals surface area contributed by atoms with Crippen LogP contribution >= 0.6 is 0 Å². The van der Waals surface area contributed by atoms with Gasteiger partial charge in [0.15, 0.2) is 0 Å². The minimum atomic E-state index is -3.19. The van der Waals surface area contributed by atoms with Crippen LogP contribution in [0.2, 0.25) is 0 Å². The van der Waals surface area contributed by atoms with Crippen LogP contribution in [0.25, 0.3) is 0 Å². The summed E-state index contributed by atoms with van der Waals surface area (Å²) >= 11 is 0. The lowest BCUT2D eigenvalue weighted by atomic mass is 10.3. The normalized spacial score (nSPS) is 14.9. The van der Waals surface area contributed by atoms with E-state index in [0.29, 0.717) is 19.1 Å². The Balaban J connectivity index is 4.71. The molecule has 0 aliphatic rings. The van der Waals surface area contributed by atoms with E-state index in [4.69, 9.17) is 0 Å². The third-order valence-electron chi connectivity index (χ3n) is 2.67. The maximum absolute atomic E-state index is 12.4. The van der Waals surface area contributed by atoms with Crippen LogP contribution in [0.5, 0.6) is 0 Å². The molecule has 0 saturated heterocycles. The van der Waals surface area contributed by atoms with E-state index in [0.717, 1.165) is 6.42 Å². The predicted octanol–water partition coefficient (Wildman–Crippen LogP) is 1.82. The van der Waals surface area contributed by atoms with Gasteiger partial charge in [-0.2, -0.15) is 4.31 Å². The zero-order valence-corrected chi connectivity index (χ0v) is 12.8. The number of hydrogen-bond acceptors (Lipinski definition) is 3. The number of nitrogens with zero attached hydrogens (tertiary/aromatic N) is 1. The van der Waals surface area contributed by atoms with E-state index in [-0.39, 0.29) is 11.3 Å². The van der Waals surface area contributed by atoms with Crippen molar-refractivity contribution in [3.63, 3.8) is 0 Å². The molecule has 0 rings (SSSR count). The first-order valence-electron chi connectivity index (χ1n) is 6.47. The molecule has 0 aliphatic carbocycles. The molecule has 0 aromatic heterocycles. The highest BCUT2D eigenvalue weighted by molar-refractivity contribution is 7.89. The molecular formula is C12H28N2O2S. The lowest BCUT2D eigenvalue weighted by Gasteiger charge is -2.29. The van der Waals surface area contributed by atoms with Crippen LogP contribution in [-0.4, -0.2) is 43.1 Å². The maximum atomic E-state index is 12.4. The first-order chi connectivity index (χ1) is 7.73. The van der Waals surface area contributed by atoms with E-state index in [1.165, 1.54) is 0 Å². The monoisotopic (exact) mass is 264 g/mol. The highest BCUT2D eigenvalue weighted by Gasteiger charge is 2.29. The molecule has 0 aromatic carbocycles. The minimum absolute atomic E-state index is 0.0291. The SMILES string of the molecule is CCCN(C(C)C)S(=O)(=O)C(C)CNC(C)C. The Morgan fingerprint density at radius 2 is 1.65 bits per heavy atom. The van der Waals surface area contributed by atoms with E-state index < -0.39 is 10.0 Å². The molecule has 0 amide bonds. The molecular weight excluding hydrogens is 236 g/mol. The summed E-state index contributed by atoms with van der Waals surface area (Å²) in [5.74, 6) is 0. The third kappa shape index (κ3) is 5.36. The highest BCUT2D eigenvalue weighted by Crippen LogP contribution is 2.13. The Morgan fingerprint density at radius 3 is 2.00 bits per heavy atom. The topological polar surface area (TPSA) is 49.4 Å². The highest BCUT2D eigenvalue weighted by atomic mass is 32.2. The van der Waals surface area contributed by atoms with E-state index in [9.17, 15) is 8.42 Å². The largest absolute Gasteiger partial charge is 0.313 e. The van der Waals surface area contributed by atoms with Crippen LogP contribution in [0.1, 0.15) is 48.0 Å². The number of hydrogen-bond donors (Lipinski definition) is 1. The fraction of sp³-hybridized carbons (Fsp3) is 1.00. The molecule has 0 spiro atoms. The molecule has 0 saturated carbocycles. The average Bonchev–Trinajstić information content (AvgIpc) is 2.21. The van der Waals surface area contributed by atoms with Crippen LogP contribution in [-0.2, 0) is 10.0 Å². The number of rotatable bonds is 8. The van der Waals surface area contributed by atoms with Crippen molar-refractivity contribution in [3.05, 3.63) is 0 Å². The van der Waals surface area contributed by atoms with Gasteiger partial charge in [0.1, 0.15) is 0 Å². The van der Waals surface area contributed by atoms with E-state index >= 15 is 0 Å². The maximum Gasteiger partial charge on any atom is 0.218 e. The quantitative estimate of drug-likeness (QED) is 0.727. The Bertz CT molecular complexity index is 300. The van der Waals surface area contributed by atoms with Crippen molar-refractivity contribution >= 4 is 10.0 Å². The lowest BCUT2D eigenvalue weighted by molar-refractivity contribution is 0.348. The van der Waals surface area contributed by atoms with Gasteiger partial charge in [0.25, 0.3) is 0 Å². The molecule has 17 heavy (non-hydrogen) atoms. The van der Waals surface area contributed by atoms with Gasteiger partial charge < -0.3 is 5.32 Å². The van der Waals surface area contributed by atoms with Gasteiger partial charge in [-0.1, -0.05) is 20.8 Å². The molecule has 1 N–H and O–H groups in total. The molecule has 5 heteroatoms. The van der Waals surface area contributed by atoms with Crippen molar-refractivity contribution in [2.75, 3.05) is 13.1 Å². The first kappa shape index (κ1) is 16.9. The van der Waals surface area contributed by atoms with Crippen molar-refractivity contribution in [3.8, 4) is 0 Å². The van der Waals surface area contributed by atoms with Crippen molar-refractivity contribution < 1.29 is 8.42 Å². The summed E-state index contributed by atoms with van der Waals surface area (Å²) in [5.41, 5.74) is 0. The standard InChI is InChI=1S/C12H28N2O2S/c1-7-8-14(11(4)5)17(15,16)12(6)9-13-10(2)3/h10-13H,7-9H2,1-6H3. The van der Waals surface area contributed by atoms with Gasteiger partial charge in [0.2, 0.25) is 10.0 Å². The van der Waals surface area contributed by atoms with Crippen molar-refractivity contribution in [1.82, 2.24) is 9.62 Å². The van der Waals surface area contributed by atoms with Crippen molar-refractivity contribution in [2.24, 2.45) is 0 Å². The Kier molecular flexibility index (Phi) is 7.28. The Hall–Kier alpha value is -0.130. The molecule has 0 aromatic rings. The summed E-state index contributed by atoms with van der Waals surface area (Å²) in [6, 6.07) is 0.341. The first-order valence-corrected chi connectivity index (χ1v) is 7.97. The second-order valence-electron chi connectivity index (χ2n) is 5.12. The van der Waals surface area contributed by atoms with Gasteiger partial charge in [-0.15, -0.1) is 0 Å². The van der Waals surface area contributed by atoms with Crippen LogP contribution in [0.3, 0.4) is 0 Å².